The molecule has 0 unspecified atom stereocenters. The fourth-order valence-electron chi connectivity index (χ4n) is 1.17. The number of carbonyl (C=O) groups is 1. The summed E-state index contributed by atoms with van der Waals surface area (Å²) in [6, 6.07) is 0. The lowest BCUT2D eigenvalue weighted by molar-refractivity contribution is -0.129. The number of hydrogen-bond acceptors (Lipinski definition) is 2. The summed E-state index contributed by atoms with van der Waals surface area (Å²) in [4.78, 5) is 10.6. The zero-order chi connectivity index (χ0) is 10.3. The first-order chi connectivity index (χ1) is 5.95. The van der Waals surface area contributed by atoms with E-state index in [1.165, 1.54) is 6.42 Å². The zero-order valence-electron chi connectivity index (χ0n) is 8.89. The van der Waals surface area contributed by atoms with Gasteiger partial charge in [0.25, 0.3) is 0 Å². The molecule has 0 atom stereocenters. The van der Waals surface area contributed by atoms with Crippen molar-refractivity contribution in [2.45, 2.75) is 52.9 Å². The molecule has 1 amide bonds. The van der Waals surface area contributed by atoms with E-state index in [0.29, 0.717) is 11.8 Å². The Hall–Kier alpha value is -0.570. The maximum absolute atomic E-state index is 10.6. The minimum Gasteiger partial charge on any atom is -0.289 e. The van der Waals surface area contributed by atoms with Crippen molar-refractivity contribution in [3.05, 3.63) is 0 Å². The van der Waals surface area contributed by atoms with Gasteiger partial charge in [0.2, 0.25) is 5.91 Å². The smallest absolute Gasteiger partial charge is 0.243 e. The highest BCUT2D eigenvalue weighted by Gasteiger charge is 2.08. The van der Waals surface area contributed by atoms with E-state index in [0.717, 1.165) is 19.3 Å². The monoisotopic (exact) mass is 187 g/mol. The molecule has 0 aromatic carbocycles. The molecule has 0 fully saturated rings. The molecule has 78 valence electrons. The van der Waals surface area contributed by atoms with E-state index in [1.54, 1.807) is 5.48 Å². The summed E-state index contributed by atoms with van der Waals surface area (Å²) in [6.07, 6.45) is 4.70. The van der Waals surface area contributed by atoms with Crippen molar-refractivity contribution in [3.63, 3.8) is 0 Å². The highest BCUT2D eigenvalue weighted by molar-refractivity contribution is 5.74. The molecule has 13 heavy (non-hydrogen) atoms. The van der Waals surface area contributed by atoms with E-state index in [1.807, 2.05) is 0 Å². The standard InChI is InChI=1S/C10H21NO2/c1-10(2,3)8-6-4-5-7-9(12)11-13/h13H,4-8H2,1-3H3,(H,11,12). The fraction of sp³-hybridized carbons (Fsp3) is 0.900. The average Bonchev–Trinajstić information content (AvgIpc) is 2.01. The summed E-state index contributed by atoms with van der Waals surface area (Å²) in [5.41, 5.74) is 2.02. The van der Waals surface area contributed by atoms with Gasteiger partial charge in [-0.1, -0.05) is 33.6 Å². The predicted molar refractivity (Wildman–Crippen MR) is 52.5 cm³/mol. The molecule has 0 aliphatic rings. The van der Waals surface area contributed by atoms with Crippen molar-refractivity contribution >= 4 is 5.91 Å². The summed E-state index contributed by atoms with van der Waals surface area (Å²) in [5.74, 6) is -0.282. The number of rotatable bonds is 5. The molecule has 0 heterocycles. The third-order valence-corrected chi connectivity index (χ3v) is 1.96. The number of carbonyl (C=O) groups excluding carboxylic acids is 1. The molecule has 0 aromatic rings. The van der Waals surface area contributed by atoms with E-state index >= 15 is 0 Å². The Morgan fingerprint density at radius 3 is 2.31 bits per heavy atom. The Kier molecular flexibility index (Phi) is 5.71. The number of hydroxylamine groups is 1. The van der Waals surface area contributed by atoms with Crippen LogP contribution >= 0.6 is 0 Å². The third kappa shape index (κ3) is 9.34. The topological polar surface area (TPSA) is 49.3 Å². The lowest BCUT2D eigenvalue weighted by Gasteiger charge is -2.17. The molecular formula is C10H21NO2. The molecule has 3 heteroatoms. The highest BCUT2D eigenvalue weighted by atomic mass is 16.5. The molecule has 0 rings (SSSR count). The molecule has 0 aliphatic carbocycles. The van der Waals surface area contributed by atoms with Crippen molar-refractivity contribution in [1.82, 2.24) is 5.48 Å². The highest BCUT2D eigenvalue weighted by Crippen LogP contribution is 2.22. The summed E-state index contributed by atoms with van der Waals surface area (Å²) >= 11 is 0. The Labute approximate surface area is 80.5 Å². The van der Waals surface area contributed by atoms with E-state index in [9.17, 15) is 4.79 Å². The van der Waals surface area contributed by atoms with Crippen molar-refractivity contribution in [1.29, 1.82) is 0 Å². The second-order valence-corrected chi connectivity index (χ2v) is 4.66. The van der Waals surface area contributed by atoms with Crippen LogP contribution in [-0.4, -0.2) is 11.1 Å². The molecular weight excluding hydrogens is 166 g/mol. The predicted octanol–water partition coefficient (Wildman–Crippen LogP) is 2.49. The Balaban J connectivity index is 3.22. The van der Waals surface area contributed by atoms with Crippen molar-refractivity contribution in [2.75, 3.05) is 0 Å². The van der Waals surface area contributed by atoms with Gasteiger partial charge in [0, 0.05) is 6.42 Å². The summed E-state index contributed by atoms with van der Waals surface area (Å²) in [7, 11) is 0. The number of nitrogens with one attached hydrogen (secondary N) is 1. The first-order valence-electron chi connectivity index (χ1n) is 4.88. The van der Waals surface area contributed by atoms with Crippen LogP contribution in [0.15, 0.2) is 0 Å². The first kappa shape index (κ1) is 12.4. The lowest BCUT2D eigenvalue weighted by atomic mass is 9.89. The van der Waals surface area contributed by atoms with E-state index in [2.05, 4.69) is 20.8 Å². The van der Waals surface area contributed by atoms with Crippen LogP contribution in [-0.2, 0) is 4.79 Å². The van der Waals surface area contributed by atoms with Gasteiger partial charge in [-0.15, -0.1) is 0 Å². The lowest BCUT2D eigenvalue weighted by Crippen LogP contribution is -2.17. The second kappa shape index (κ2) is 5.97. The molecule has 3 nitrogen and oxygen atoms in total. The van der Waals surface area contributed by atoms with Crippen molar-refractivity contribution in [2.24, 2.45) is 5.41 Å². The maximum Gasteiger partial charge on any atom is 0.243 e. The SMILES string of the molecule is CC(C)(C)CCCCCC(=O)NO. The van der Waals surface area contributed by atoms with Gasteiger partial charge in [-0.2, -0.15) is 0 Å². The van der Waals surface area contributed by atoms with Crippen LogP contribution in [0, 0.1) is 5.41 Å². The summed E-state index contributed by atoms with van der Waals surface area (Å²) in [6.45, 7) is 6.65. The number of hydrogen-bond donors (Lipinski definition) is 2. The number of unbranched alkanes of at least 4 members (excludes halogenated alkanes) is 2. The maximum atomic E-state index is 10.6. The average molecular weight is 187 g/mol. The van der Waals surface area contributed by atoms with Crippen molar-refractivity contribution < 1.29 is 10.0 Å². The first-order valence-corrected chi connectivity index (χ1v) is 4.88. The molecule has 0 bridgehead atoms. The Morgan fingerprint density at radius 2 is 1.85 bits per heavy atom. The van der Waals surface area contributed by atoms with Crippen LogP contribution in [0.2, 0.25) is 0 Å². The molecule has 0 radical (unpaired) electrons. The van der Waals surface area contributed by atoms with Crippen LogP contribution in [0.3, 0.4) is 0 Å². The molecule has 2 N–H and O–H groups in total. The molecule has 0 saturated carbocycles. The zero-order valence-corrected chi connectivity index (χ0v) is 8.89. The largest absolute Gasteiger partial charge is 0.289 e. The molecule has 0 aromatic heterocycles. The molecule has 0 saturated heterocycles. The molecule has 0 spiro atoms. The van der Waals surface area contributed by atoms with Gasteiger partial charge in [-0.3, -0.25) is 10.0 Å². The van der Waals surface area contributed by atoms with Gasteiger partial charge >= 0.3 is 0 Å². The Morgan fingerprint density at radius 1 is 1.23 bits per heavy atom. The molecule has 0 aliphatic heterocycles. The minimum atomic E-state index is -0.282. The van der Waals surface area contributed by atoms with Gasteiger partial charge in [0.1, 0.15) is 0 Å². The van der Waals surface area contributed by atoms with Crippen molar-refractivity contribution in [3.8, 4) is 0 Å². The van der Waals surface area contributed by atoms with Gasteiger partial charge in [0.05, 0.1) is 0 Å². The summed E-state index contributed by atoms with van der Waals surface area (Å²) < 4.78 is 0. The fourth-order valence-corrected chi connectivity index (χ4v) is 1.17. The van der Waals surface area contributed by atoms with E-state index in [4.69, 9.17) is 5.21 Å². The van der Waals surface area contributed by atoms with E-state index < -0.39 is 0 Å². The summed E-state index contributed by atoms with van der Waals surface area (Å²) in [5, 5.41) is 8.22. The van der Waals surface area contributed by atoms with Gasteiger partial charge in [-0.25, -0.2) is 5.48 Å². The van der Waals surface area contributed by atoms with Gasteiger partial charge in [-0.05, 0) is 18.3 Å². The number of amides is 1. The van der Waals surface area contributed by atoms with Crippen LogP contribution < -0.4 is 5.48 Å². The van der Waals surface area contributed by atoms with Crippen LogP contribution in [0.4, 0.5) is 0 Å². The van der Waals surface area contributed by atoms with E-state index in [-0.39, 0.29) is 5.91 Å². The normalized spacial score (nSPS) is 11.4. The minimum absolute atomic E-state index is 0.282. The van der Waals surface area contributed by atoms with Crippen LogP contribution in [0.5, 0.6) is 0 Å². The van der Waals surface area contributed by atoms with Crippen LogP contribution in [0.1, 0.15) is 52.9 Å². The van der Waals surface area contributed by atoms with Gasteiger partial charge < -0.3 is 0 Å². The quantitative estimate of drug-likeness (QED) is 0.394. The Bertz CT molecular complexity index is 149. The second-order valence-electron chi connectivity index (χ2n) is 4.66. The third-order valence-electron chi connectivity index (χ3n) is 1.96. The van der Waals surface area contributed by atoms with Gasteiger partial charge in [0.15, 0.2) is 0 Å². The van der Waals surface area contributed by atoms with Crippen LogP contribution in [0.25, 0.3) is 0 Å².